The van der Waals surface area contributed by atoms with Gasteiger partial charge in [-0.15, -0.1) is 0 Å². The minimum Gasteiger partial charge on any atom is -0.480 e. The number of aliphatic carboxylic acids is 1. The average molecular weight is 276 g/mol. The number of para-hydroxylation sites is 1. The Labute approximate surface area is 115 Å². The van der Waals surface area contributed by atoms with Gasteiger partial charge in [0.15, 0.2) is 6.04 Å². The van der Waals surface area contributed by atoms with Crippen molar-refractivity contribution in [1.82, 2.24) is 10.3 Å². The maximum absolute atomic E-state index is 12.3. The van der Waals surface area contributed by atoms with E-state index in [1.54, 1.807) is 19.1 Å². The summed E-state index contributed by atoms with van der Waals surface area (Å²) in [5, 5.41) is 21.5. The molecular formula is C14H16N2O4. The van der Waals surface area contributed by atoms with Crippen LogP contribution in [0.1, 0.15) is 23.0 Å². The molecule has 106 valence electrons. The second kappa shape index (κ2) is 5.34. The Balaban J connectivity index is 2.36. The highest BCUT2D eigenvalue weighted by Gasteiger charge is 2.27. The maximum atomic E-state index is 12.3. The number of aryl methyl sites for hydroxylation is 1. The highest BCUT2D eigenvalue weighted by atomic mass is 16.4. The van der Waals surface area contributed by atoms with E-state index in [0.29, 0.717) is 11.3 Å². The second-order valence-corrected chi connectivity index (χ2v) is 4.70. The second-order valence-electron chi connectivity index (χ2n) is 4.70. The van der Waals surface area contributed by atoms with Crippen LogP contribution >= 0.6 is 0 Å². The molecule has 0 fully saturated rings. The SMILES string of the molecule is Cc1[nH]c2ccccc2c1C(=O)N[C@H](C(=O)O)[C@@H](C)O. The maximum Gasteiger partial charge on any atom is 0.328 e. The number of aliphatic hydroxyl groups is 1. The van der Waals surface area contributed by atoms with Crippen molar-refractivity contribution in [2.45, 2.75) is 26.0 Å². The van der Waals surface area contributed by atoms with Crippen LogP contribution in [0, 0.1) is 6.92 Å². The molecule has 0 aliphatic heterocycles. The molecule has 0 spiro atoms. The lowest BCUT2D eigenvalue weighted by Crippen LogP contribution is -2.47. The van der Waals surface area contributed by atoms with Gasteiger partial charge in [0, 0.05) is 16.6 Å². The summed E-state index contributed by atoms with van der Waals surface area (Å²) in [7, 11) is 0. The molecule has 2 rings (SSSR count). The number of aromatic nitrogens is 1. The van der Waals surface area contributed by atoms with Crippen LogP contribution in [0.25, 0.3) is 10.9 Å². The van der Waals surface area contributed by atoms with Gasteiger partial charge < -0.3 is 20.5 Å². The van der Waals surface area contributed by atoms with Crippen molar-refractivity contribution in [3.05, 3.63) is 35.5 Å². The van der Waals surface area contributed by atoms with Crippen LogP contribution in [0.2, 0.25) is 0 Å². The molecule has 1 heterocycles. The Kier molecular flexibility index (Phi) is 3.76. The van der Waals surface area contributed by atoms with E-state index in [4.69, 9.17) is 5.11 Å². The van der Waals surface area contributed by atoms with Crippen molar-refractivity contribution in [2.24, 2.45) is 0 Å². The van der Waals surface area contributed by atoms with Gasteiger partial charge in [0.2, 0.25) is 0 Å². The summed E-state index contributed by atoms with van der Waals surface area (Å²) in [4.78, 5) is 26.3. The van der Waals surface area contributed by atoms with Crippen LogP contribution in [-0.2, 0) is 4.79 Å². The number of carbonyl (C=O) groups excluding carboxylic acids is 1. The Morgan fingerprint density at radius 1 is 1.30 bits per heavy atom. The highest BCUT2D eigenvalue weighted by molar-refractivity contribution is 6.09. The zero-order valence-corrected chi connectivity index (χ0v) is 11.2. The highest BCUT2D eigenvalue weighted by Crippen LogP contribution is 2.21. The first-order valence-corrected chi connectivity index (χ1v) is 6.21. The molecule has 6 nitrogen and oxygen atoms in total. The van der Waals surface area contributed by atoms with Gasteiger partial charge in [0.1, 0.15) is 0 Å². The monoisotopic (exact) mass is 276 g/mol. The summed E-state index contributed by atoms with van der Waals surface area (Å²) < 4.78 is 0. The third kappa shape index (κ3) is 2.50. The van der Waals surface area contributed by atoms with E-state index in [2.05, 4.69) is 10.3 Å². The third-order valence-electron chi connectivity index (χ3n) is 3.16. The van der Waals surface area contributed by atoms with Crippen molar-refractivity contribution in [2.75, 3.05) is 0 Å². The van der Waals surface area contributed by atoms with Crippen LogP contribution in [-0.4, -0.2) is 39.2 Å². The quantitative estimate of drug-likeness (QED) is 0.670. The fourth-order valence-electron chi connectivity index (χ4n) is 2.17. The number of hydrogen-bond acceptors (Lipinski definition) is 3. The standard InChI is InChI=1S/C14H16N2O4/c1-7-11(9-5-3-4-6-10(9)15-7)13(18)16-12(8(2)17)14(19)20/h3-6,8,12,15,17H,1-2H3,(H,16,18)(H,19,20)/t8-,12+/m1/s1. The first-order chi connectivity index (χ1) is 9.41. The number of carboxylic acids is 1. The average Bonchev–Trinajstić information content (AvgIpc) is 2.70. The number of rotatable bonds is 4. The number of benzene rings is 1. The molecule has 1 amide bonds. The predicted octanol–water partition coefficient (Wildman–Crippen LogP) is 1.04. The number of amides is 1. The van der Waals surface area contributed by atoms with Gasteiger partial charge >= 0.3 is 5.97 Å². The van der Waals surface area contributed by atoms with E-state index in [-0.39, 0.29) is 0 Å². The van der Waals surface area contributed by atoms with Crippen LogP contribution in [0.15, 0.2) is 24.3 Å². The van der Waals surface area contributed by atoms with Crippen molar-refractivity contribution in [3.8, 4) is 0 Å². The summed E-state index contributed by atoms with van der Waals surface area (Å²) in [5.74, 6) is -1.79. The Hall–Kier alpha value is -2.34. The van der Waals surface area contributed by atoms with E-state index >= 15 is 0 Å². The van der Waals surface area contributed by atoms with Gasteiger partial charge in [0.25, 0.3) is 5.91 Å². The van der Waals surface area contributed by atoms with Gasteiger partial charge in [-0.05, 0) is 19.9 Å². The van der Waals surface area contributed by atoms with Gasteiger partial charge in [-0.25, -0.2) is 4.79 Å². The van der Waals surface area contributed by atoms with E-state index in [9.17, 15) is 14.7 Å². The van der Waals surface area contributed by atoms with E-state index < -0.39 is 24.0 Å². The first-order valence-electron chi connectivity index (χ1n) is 6.21. The normalized spacial score (nSPS) is 13.9. The summed E-state index contributed by atoms with van der Waals surface area (Å²) in [5.41, 5.74) is 1.85. The van der Waals surface area contributed by atoms with E-state index in [1.165, 1.54) is 6.92 Å². The van der Waals surface area contributed by atoms with Crippen LogP contribution < -0.4 is 5.32 Å². The lowest BCUT2D eigenvalue weighted by Gasteiger charge is -2.17. The summed E-state index contributed by atoms with van der Waals surface area (Å²) in [6.07, 6.45) is -1.18. The number of aliphatic hydroxyl groups excluding tert-OH is 1. The molecule has 0 unspecified atom stereocenters. The van der Waals surface area contributed by atoms with E-state index in [0.717, 1.165) is 10.9 Å². The van der Waals surface area contributed by atoms with Gasteiger partial charge in [0.05, 0.1) is 11.7 Å². The van der Waals surface area contributed by atoms with Crippen molar-refractivity contribution in [1.29, 1.82) is 0 Å². The molecule has 0 aliphatic carbocycles. The number of fused-ring (bicyclic) bond motifs is 1. The molecule has 1 aromatic heterocycles. The smallest absolute Gasteiger partial charge is 0.328 e. The zero-order chi connectivity index (χ0) is 14.9. The molecule has 2 atom stereocenters. The van der Waals surface area contributed by atoms with Crippen LogP contribution in [0.3, 0.4) is 0 Å². The minimum atomic E-state index is -1.34. The van der Waals surface area contributed by atoms with Crippen molar-refractivity contribution >= 4 is 22.8 Å². The predicted molar refractivity (Wildman–Crippen MR) is 73.6 cm³/mol. The fraction of sp³-hybridized carbons (Fsp3) is 0.286. The number of hydrogen-bond donors (Lipinski definition) is 4. The topological polar surface area (TPSA) is 102 Å². The molecule has 0 saturated carbocycles. The molecular weight excluding hydrogens is 260 g/mol. The third-order valence-corrected chi connectivity index (χ3v) is 3.16. The molecule has 20 heavy (non-hydrogen) atoms. The fourth-order valence-corrected chi connectivity index (χ4v) is 2.17. The largest absolute Gasteiger partial charge is 0.480 e. The van der Waals surface area contributed by atoms with Crippen molar-refractivity contribution in [3.63, 3.8) is 0 Å². The van der Waals surface area contributed by atoms with Gasteiger partial charge in [-0.2, -0.15) is 0 Å². The first kappa shape index (κ1) is 14.1. The molecule has 0 radical (unpaired) electrons. The summed E-state index contributed by atoms with van der Waals surface area (Å²) >= 11 is 0. The van der Waals surface area contributed by atoms with Crippen molar-refractivity contribution < 1.29 is 19.8 Å². The lowest BCUT2D eigenvalue weighted by atomic mass is 10.1. The zero-order valence-electron chi connectivity index (χ0n) is 11.2. The van der Waals surface area contributed by atoms with E-state index in [1.807, 2.05) is 12.1 Å². The Bertz CT molecular complexity index is 660. The Morgan fingerprint density at radius 3 is 2.55 bits per heavy atom. The molecule has 4 N–H and O–H groups in total. The number of carbonyl (C=O) groups is 2. The number of carboxylic acid groups (broad SMARTS) is 1. The van der Waals surface area contributed by atoms with Crippen LogP contribution in [0.4, 0.5) is 0 Å². The molecule has 0 aliphatic rings. The lowest BCUT2D eigenvalue weighted by molar-refractivity contribution is -0.141. The molecule has 0 bridgehead atoms. The Morgan fingerprint density at radius 2 is 1.95 bits per heavy atom. The number of aromatic amines is 1. The summed E-state index contributed by atoms with van der Waals surface area (Å²) in [6, 6.07) is 5.93. The van der Waals surface area contributed by atoms with Crippen LogP contribution in [0.5, 0.6) is 0 Å². The minimum absolute atomic E-state index is 0.396. The molecule has 2 aromatic rings. The molecule has 6 heteroatoms. The number of H-pyrrole nitrogens is 1. The summed E-state index contributed by atoms with van der Waals surface area (Å²) in [6.45, 7) is 3.06. The molecule has 1 aromatic carbocycles. The number of nitrogens with one attached hydrogen (secondary N) is 2. The molecule has 0 saturated heterocycles. The van der Waals surface area contributed by atoms with Gasteiger partial charge in [-0.3, -0.25) is 4.79 Å². The van der Waals surface area contributed by atoms with Gasteiger partial charge in [-0.1, -0.05) is 18.2 Å².